The number of nitrogens with one attached hydrogen (secondary N) is 1. The quantitative estimate of drug-likeness (QED) is 0.623. The van der Waals surface area contributed by atoms with Gasteiger partial charge in [0.05, 0.1) is 11.5 Å². The normalized spacial score (nSPS) is 29.9. The van der Waals surface area contributed by atoms with Crippen molar-refractivity contribution in [3.05, 3.63) is 0 Å². The molecule has 1 heterocycles. The van der Waals surface area contributed by atoms with Crippen LogP contribution in [0.5, 0.6) is 0 Å². The number of aliphatic carboxylic acids is 1. The predicted molar refractivity (Wildman–Crippen MR) is 53.1 cm³/mol. The fourth-order valence-electron chi connectivity index (χ4n) is 1.96. The van der Waals surface area contributed by atoms with Crippen molar-refractivity contribution in [2.24, 2.45) is 5.41 Å². The van der Waals surface area contributed by atoms with Crippen LogP contribution in [0.2, 0.25) is 0 Å². The van der Waals surface area contributed by atoms with Crippen molar-refractivity contribution in [1.82, 2.24) is 5.32 Å². The maximum atomic E-state index is 11.2. The molecule has 4 heteroatoms. The van der Waals surface area contributed by atoms with Crippen LogP contribution < -0.4 is 5.32 Å². The molecule has 0 aromatic carbocycles. The Morgan fingerprint density at radius 1 is 1.64 bits per heavy atom. The first-order valence-electron chi connectivity index (χ1n) is 5.19. The number of hydrogen-bond donors (Lipinski definition) is 3. The van der Waals surface area contributed by atoms with Gasteiger partial charge in [0, 0.05) is 6.54 Å². The molecule has 14 heavy (non-hydrogen) atoms. The van der Waals surface area contributed by atoms with E-state index in [2.05, 4.69) is 5.32 Å². The molecule has 3 N–H and O–H groups in total. The number of hydrogen-bond acceptors (Lipinski definition) is 3. The van der Waals surface area contributed by atoms with Crippen LogP contribution in [0.1, 0.15) is 32.6 Å². The second-order valence-electron chi connectivity index (χ2n) is 4.25. The van der Waals surface area contributed by atoms with E-state index in [1.807, 2.05) is 0 Å². The van der Waals surface area contributed by atoms with Crippen LogP contribution >= 0.6 is 0 Å². The van der Waals surface area contributed by atoms with E-state index in [0.29, 0.717) is 19.4 Å². The number of aliphatic hydroxyl groups is 1. The highest BCUT2D eigenvalue weighted by atomic mass is 16.4. The van der Waals surface area contributed by atoms with E-state index in [4.69, 9.17) is 5.11 Å². The Bertz CT molecular complexity index is 198. The Balaban J connectivity index is 2.56. The van der Waals surface area contributed by atoms with Crippen LogP contribution in [-0.2, 0) is 4.79 Å². The molecule has 2 unspecified atom stereocenters. The van der Waals surface area contributed by atoms with Crippen molar-refractivity contribution in [1.29, 1.82) is 0 Å². The summed E-state index contributed by atoms with van der Waals surface area (Å²) in [6.07, 6.45) is 2.35. The Kier molecular flexibility index (Phi) is 3.89. The molecule has 0 bridgehead atoms. The highest BCUT2D eigenvalue weighted by Gasteiger charge is 2.39. The van der Waals surface area contributed by atoms with E-state index < -0.39 is 17.5 Å². The molecule has 0 aromatic heterocycles. The highest BCUT2D eigenvalue weighted by Crippen LogP contribution is 2.32. The summed E-state index contributed by atoms with van der Waals surface area (Å²) in [5.41, 5.74) is -0.644. The molecule has 0 aromatic rings. The van der Waals surface area contributed by atoms with E-state index in [1.54, 1.807) is 6.92 Å². The van der Waals surface area contributed by atoms with Crippen LogP contribution in [0.4, 0.5) is 0 Å². The SMILES string of the molecule is CC(O)CCC1(C(=O)O)CCCNC1. The van der Waals surface area contributed by atoms with Crippen molar-refractivity contribution in [2.45, 2.75) is 38.7 Å². The average molecular weight is 201 g/mol. The van der Waals surface area contributed by atoms with E-state index in [0.717, 1.165) is 19.4 Å². The minimum Gasteiger partial charge on any atom is -0.481 e. The molecule has 1 saturated heterocycles. The minimum atomic E-state index is -0.731. The summed E-state index contributed by atoms with van der Waals surface area (Å²) in [5.74, 6) is -0.731. The monoisotopic (exact) mass is 201 g/mol. The van der Waals surface area contributed by atoms with Gasteiger partial charge < -0.3 is 15.5 Å². The Labute approximate surface area is 84.3 Å². The van der Waals surface area contributed by atoms with E-state index in [9.17, 15) is 9.90 Å². The van der Waals surface area contributed by atoms with Gasteiger partial charge in [-0.25, -0.2) is 0 Å². The third kappa shape index (κ3) is 2.69. The predicted octanol–water partition coefficient (Wildman–Crippen LogP) is 0.602. The van der Waals surface area contributed by atoms with E-state index in [-0.39, 0.29) is 0 Å². The number of carbonyl (C=O) groups is 1. The summed E-state index contributed by atoms with van der Waals surface area (Å²) in [6, 6.07) is 0. The molecule has 82 valence electrons. The molecular weight excluding hydrogens is 182 g/mol. The lowest BCUT2D eigenvalue weighted by atomic mass is 9.76. The Hall–Kier alpha value is -0.610. The number of aliphatic hydroxyl groups excluding tert-OH is 1. The van der Waals surface area contributed by atoms with Gasteiger partial charge in [-0.05, 0) is 39.2 Å². The maximum absolute atomic E-state index is 11.2. The summed E-state index contributed by atoms with van der Waals surface area (Å²) in [7, 11) is 0. The lowest BCUT2D eigenvalue weighted by Gasteiger charge is -2.34. The molecule has 1 aliphatic rings. The zero-order valence-corrected chi connectivity index (χ0v) is 8.62. The molecule has 1 rings (SSSR count). The topological polar surface area (TPSA) is 69.6 Å². The second kappa shape index (κ2) is 4.75. The summed E-state index contributed by atoms with van der Waals surface area (Å²) in [5, 5.41) is 21.5. The third-order valence-electron chi connectivity index (χ3n) is 2.97. The van der Waals surface area contributed by atoms with Gasteiger partial charge in [-0.15, -0.1) is 0 Å². The van der Waals surface area contributed by atoms with Crippen molar-refractivity contribution < 1.29 is 15.0 Å². The van der Waals surface area contributed by atoms with Crippen molar-refractivity contribution >= 4 is 5.97 Å². The minimum absolute atomic E-state index is 0.409. The Morgan fingerprint density at radius 2 is 2.36 bits per heavy atom. The lowest BCUT2D eigenvalue weighted by Crippen LogP contribution is -2.45. The lowest BCUT2D eigenvalue weighted by molar-refractivity contribution is -0.150. The number of carboxylic acid groups (broad SMARTS) is 1. The van der Waals surface area contributed by atoms with Gasteiger partial charge in [0.15, 0.2) is 0 Å². The molecule has 4 nitrogen and oxygen atoms in total. The van der Waals surface area contributed by atoms with Gasteiger partial charge in [0.25, 0.3) is 0 Å². The van der Waals surface area contributed by atoms with E-state index >= 15 is 0 Å². The Morgan fingerprint density at radius 3 is 2.79 bits per heavy atom. The highest BCUT2D eigenvalue weighted by molar-refractivity contribution is 5.75. The first-order valence-corrected chi connectivity index (χ1v) is 5.19. The zero-order chi connectivity index (χ0) is 10.6. The van der Waals surface area contributed by atoms with Gasteiger partial charge in [-0.2, -0.15) is 0 Å². The van der Waals surface area contributed by atoms with Crippen LogP contribution in [-0.4, -0.2) is 35.4 Å². The van der Waals surface area contributed by atoms with Crippen molar-refractivity contribution in [3.8, 4) is 0 Å². The van der Waals surface area contributed by atoms with Crippen LogP contribution in [0.15, 0.2) is 0 Å². The van der Waals surface area contributed by atoms with Crippen LogP contribution in [0, 0.1) is 5.41 Å². The van der Waals surface area contributed by atoms with Crippen LogP contribution in [0.3, 0.4) is 0 Å². The fourth-order valence-corrected chi connectivity index (χ4v) is 1.96. The first-order chi connectivity index (χ1) is 6.57. The van der Waals surface area contributed by atoms with Gasteiger partial charge in [0.1, 0.15) is 0 Å². The molecule has 2 atom stereocenters. The van der Waals surface area contributed by atoms with E-state index in [1.165, 1.54) is 0 Å². The number of rotatable bonds is 4. The standard InChI is InChI=1S/C10H19NO3/c1-8(12)3-5-10(9(13)14)4-2-6-11-7-10/h8,11-12H,2-7H2,1H3,(H,13,14). The van der Waals surface area contributed by atoms with Gasteiger partial charge in [0.2, 0.25) is 0 Å². The molecule has 1 aliphatic heterocycles. The molecule has 0 spiro atoms. The summed E-state index contributed by atoms with van der Waals surface area (Å²) in [6.45, 7) is 3.14. The van der Waals surface area contributed by atoms with Gasteiger partial charge in [-0.3, -0.25) is 4.79 Å². The molecule has 0 aliphatic carbocycles. The zero-order valence-electron chi connectivity index (χ0n) is 8.62. The number of piperidine rings is 1. The van der Waals surface area contributed by atoms with Gasteiger partial charge in [-0.1, -0.05) is 0 Å². The summed E-state index contributed by atoms with van der Waals surface area (Å²) in [4.78, 5) is 11.2. The van der Waals surface area contributed by atoms with Crippen molar-refractivity contribution in [3.63, 3.8) is 0 Å². The average Bonchev–Trinajstić information content (AvgIpc) is 2.16. The smallest absolute Gasteiger partial charge is 0.310 e. The molecule has 0 radical (unpaired) electrons. The first kappa shape index (κ1) is 11.5. The number of carboxylic acids is 1. The molecular formula is C10H19NO3. The second-order valence-corrected chi connectivity index (χ2v) is 4.25. The maximum Gasteiger partial charge on any atom is 0.310 e. The summed E-state index contributed by atoms with van der Waals surface area (Å²) >= 11 is 0. The summed E-state index contributed by atoms with van der Waals surface area (Å²) < 4.78 is 0. The molecule has 0 saturated carbocycles. The molecule has 0 amide bonds. The fraction of sp³-hybridized carbons (Fsp3) is 0.900. The van der Waals surface area contributed by atoms with Crippen molar-refractivity contribution in [2.75, 3.05) is 13.1 Å². The largest absolute Gasteiger partial charge is 0.481 e. The van der Waals surface area contributed by atoms with Crippen LogP contribution in [0.25, 0.3) is 0 Å². The third-order valence-corrected chi connectivity index (χ3v) is 2.97. The van der Waals surface area contributed by atoms with Gasteiger partial charge >= 0.3 is 5.97 Å². The molecule has 1 fully saturated rings.